The van der Waals surface area contributed by atoms with E-state index in [9.17, 15) is 14.4 Å². The van der Waals surface area contributed by atoms with E-state index in [0.29, 0.717) is 28.0 Å². The molecule has 0 fully saturated rings. The Bertz CT molecular complexity index is 1270. The lowest BCUT2D eigenvalue weighted by Gasteiger charge is -2.27. The maximum Gasteiger partial charge on any atom is 0.279 e. The molecule has 1 aromatic heterocycles. The van der Waals surface area contributed by atoms with Gasteiger partial charge in [-0.2, -0.15) is 4.98 Å². The van der Waals surface area contributed by atoms with Gasteiger partial charge in [-0.3, -0.25) is 14.4 Å². The van der Waals surface area contributed by atoms with E-state index >= 15 is 0 Å². The van der Waals surface area contributed by atoms with Crippen molar-refractivity contribution in [2.24, 2.45) is 12.8 Å². The predicted molar refractivity (Wildman–Crippen MR) is 126 cm³/mol. The lowest BCUT2D eigenvalue weighted by atomic mass is 9.87. The summed E-state index contributed by atoms with van der Waals surface area (Å²) in [5.41, 5.74) is 8.30. The minimum Gasteiger partial charge on any atom is -0.484 e. The average molecular weight is 465 g/mol. The van der Waals surface area contributed by atoms with Crippen LogP contribution in [0.4, 0.5) is 5.82 Å². The van der Waals surface area contributed by atoms with Crippen LogP contribution in [0, 0.1) is 6.92 Å². The summed E-state index contributed by atoms with van der Waals surface area (Å²) < 4.78 is 7.06. The van der Waals surface area contributed by atoms with Gasteiger partial charge >= 0.3 is 0 Å². The van der Waals surface area contributed by atoms with E-state index in [4.69, 9.17) is 10.5 Å². The maximum atomic E-state index is 13.1. The molecule has 0 saturated heterocycles. The zero-order valence-corrected chi connectivity index (χ0v) is 19.1. The number of nitrogens with two attached hydrogens (primary N) is 1. The Morgan fingerprint density at radius 3 is 2.70 bits per heavy atom. The summed E-state index contributed by atoms with van der Waals surface area (Å²) >= 11 is 1.45. The van der Waals surface area contributed by atoms with Gasteiger partial charge in [0.15, 0.2) is 11.8 Å². The van der Waals surface area contributed by atoms with Gasteiger partial charge in [-0.25, -0.2) is 0 Å². The lowest BCUT2D eigenvalue weighted by molar-refractivity contribution is -0.120. The number of amides is 2. The summed E-state index contributed by atoms with van der Waals surface area (Å²) in [5, 5.41) is 3.39. The fourth-order valence-electron chi connectivity index (χ4n) is 3.85. The fraction of sp³-hybridized carbons (Fsp3) is 0.250. The number of hydrogen-bond donors (Lipinski definition) is 2. The number of hydrogen-bond acceptors (Lipinski definition) is 6. The van der Waals surface area contributed by atoms with Gasteiger partial charge in [-0.1, -0.05) is 53.7 Å². The van der Waals surface area contributed by atoms with Crippen molar-refractivity contribution in [3.05, 3.63) is 81.1 Å². The highest BCUT2D eigenvalue weighted by atomic mass is 32.2. The number of anilines is 1. The molecule has 0 unspecified atom stereocenters. The summed E-state index contributed by atoms with van der Waals surface area (Å²) in [6, 6.07) is 15.1. The molecule has 2 amide bonds. The third-order valence-corrected chi connectivity index (χ3v) is 6.52. The number of aromatic nitrogens is 2. The van der Waals surface area contributed by atoms with Gasteiger partial charge in [-0.05, 0) is 30.2 Å². The molecule has 9 heteroatoms. The van der Waals surface area contributed by atoms with Crippen LogP contribution in [0.25, 0.3) is 0 Å². The number of ether oxygens (including phenoxy) is 1. The number of benzene rings is 2. The minimum absolute atomic E-state index is 0.140. The van der Waals surface area contributed by atoms with E-state index in [1.54, 1.807) is 35.9 Å². The molecule has 1 aliphatic rings. The highest BCUT2D eigenvalue weighted by Crippen LogP contribution is 2.36. The van der Waals surface area contributed by atoms with E-state index in [0.717, 1.165) is 11.1 Å². The molecule has 1 atom stereocenters. The Hall–Kier alpha value is -3.59. The minimum atomic E-state index is -0.567. The van der Waals surface area contributed by atoms with Crippen LogP contribution in [-0.2, 0) is 22.4 Å². The molecule has 0 aliphatic carbocycles. The number of carbonyl (C=O) groups excluding carboxylic acids is 2. The molecule has 3 aromatic rings. The Kier molecular flexibility index (Phi) is 6.50. The fourth-order valence-corrected chi connectivity index (χ4v) is 4.76. The number of aryl methyl sites for hydroxylation is 1. The predicted octanol–water partition coefficient (Wildman–Crippen LogP) is 2.72. The van der Waals surface area contributed by atoms with Gasteiger partial charge in [0.1, 0.15) is 11.6 Å². The highest BCUT2D eigenvalue weighted by Gasteiger charge is 2.32. The van der Waals surface area contributed by atoms with Gasteiger partial charge in [0, 0.05) is 25.1 Å². The molecular weight excluding hydrogens is 440 g/mol. The van der Waals surface area contributed by atoms with Gasteiger partial charge in [0.2, 0.25) is 5.91 Å². The molecule has 33 heavy (non-hydrogen) atoms. The Balaban J connectivity index is 1.63. The zero-order chi connectivity index (χ0) is 23.5. The number of nitrogens with one attached hydrogen (secondary N) is 1. The largest absolute Gasteiger partial charge is 0.484 e. The van der Waals surface area contributed by atoms with Crippen molar-refractivity contribution in [1.29, 1.82) is 0 Å². The lowest BCUT2D eigenvalue weighted by Crippen LogP contribution is -2.33. The number of rotatable bonds is 7. The van der Waals surface area contributed by atoms with E-state index in [1.165, 1.54) is 17.3 Å². The van der Waals surface area contributed by atoms with Gasteiger partial charge < -0.3 is 20.4 Å². The van der Waals surface area contributed by atoms with Crippen LogP contribution in [0.3, 0.4) is 0 Å². The molecule has 0 bridgehead atoms. The smallest absolute Gasteiger partial charge is 0.279 e. The van der Waals surface area contributed by atoms with E-state index in [1.807, 2.05) is 25.1 Å². The Morgan fingerprint density at radius 2 is 2.00 bits per heavy atom. The SMILES string of the molecule is Cc1cccc(CSc2nc(=O)c3c(n2C)NC(=O)C[C@H]3c2ccc(OCC(N)=O)cc2)c1. The first-order valence-corrected chi connectivity index (χ1v) is 11.4. The molecule has 4 rings (SSSR count). The normalized spacial score (nSPS) is 15.0. The number of fused-ring (bicyclic) bond motifs is 1. The van der Waals surface area contributed by atoms with Crippen molar-refractivity contribution in [2.75, 3.05) is 11.9 Å². The first kappa shape index (κ1) is 22.6. The summed E-state index contributed by atoms with van der Waals surface area (Å²) in [6.45, 7) is 1.81. The average Bonchev–Trinajstić information content (AvgIpc) is 2.79. The standard InChI is InChI=1S/C24H24N4O4S/c1-14-4-3-5-15(10-14)13-33-24-27-23(31)21-18(11-20(30)26-22(21)28(24)2)16-6-8-17(9-7-16)32-12-19(25)29/h3-10,18H,11-13H2,1-2H3,(H2,25,29)(H,26,30)/t18-/m0/s1. The van der Waals surface area contributed by atoms with Crippen LogP contribution in [-0.4, -0.2) is 28.0 Å². The second-order valence-electron chi connectivity index (χ2n) is 7.93. The molecule has 0 spiro atoms. The van der Waals surface area contributed by atoms with Gasteiger partial charge in [-0.15, -0.1) is 0 Å². The van der Waals surface area contributed by atoms with E-state index < -0.39 is 11.8 Å². The van der Waals surface area contributed by atoms with Crippen molar-refractivity contribution >= 4 is 29.4 Å². The summed E-state index contributed by atoms with van der Waals surface area (Å²) in [5.74, 6) is 0.440. The van der Waals surface area contributed by atoms with Crippen LogP contribution in [0.15, 0.2) is 58.5 Å². The third kappa shape index (κ3) is 5.09. The zero-order valence-electron chi connectivity index (χ0n) is 18.3. The maximum absolute atomic E-state index is 13.1. The number of thioether (sulfide) groups is 1. The first-order chi connectivity index (χ1) is 15.8. The number of primary amides is 1. The summed E-state index contributed by atoms with van der Waals surface area (Å²) in [6.07, 6.45) is 0.140. The van der Waals surface area contributed by atoms with Crippen LogP contribution in [0.1, 0.15) is 34.6 Å². The molecule has 2 aromatic carbocycles. The van der Waals surface area contributed by atoms with Crippen LogP contribution in [0.5, 0.6) is 5.75 Å². The molecule has 2 heterocycles. The van der Waals surface area contributed by atoms with Crippen molar-refractivity contribution in [1.82, 2.24) is 9.55 Å². The molecule has 8 nitrogen and oxygen atoms in total. The number of carbonyl (C=O) groups is 2. The number of nitrogens with zero attached hydrogens (tertiary/aromatic N) is 2. The van der Waals surface area contributed by atoms with Crippen molar-refractivity contribution in [3.8, 4) is 5.75 Å². The van der Waals surface area contributed by atoms with Gasteiger partial charge in [0.05, 0.1) is 5.56 Å². The van der Waals surface area contributed by atoms with Crippen LogP contribution >= 0.6 is 11.8 Å². The molecule has 0 radical (unpaired) electrons. The second kappa shape index (κ2) is 9.50. The summed E-state index contributed by atoms with van der Waals surface area (Å²) in [4.78, 5) is 40.8. The summed E-state index contributed by atoms with van der Waals surface area (Å²) in [7, 11) is 1.80. The Labute approximate surface area is 195 Å². The van der Waals surface area contributed by atoms with E-state index in [2.05, 4.69) is 16.4 Å². The molecular formula is C24H24N4O4S. The van der Waals surface area contributed by atoms with Gasteiger partial charge in [0.25, 0.3) is 11.5 Å². The van der Waals surface area contributed by atoms with Crippen molar-refractivity contribution in [2.45, 2.75) is 30.2 Å². The molecule has 1 aliphatic heterocycles. The van der Waals surface area contributed by atoms with Crippen molar-refractivity contribution in [3.63, 3.8) is 0 Å². The van der Waals surface area contributed by atoms with Crippen LogP contribution in [0.2, 0.25) is 0 Å². The second-order valence-corrected chi connectivity index (χ2v) is 8.87. The van der Waals surface area contributed by atoms with Crippen LogP contribution < -0.4 is 21.3 Å². The third-order valence-electron chi connectivity index (χ3n) is 5.41. The molecule has 170 valence electrons. The molecule has 0 saturated carbocycles. The quantitative estimate of drug-likeness (QED) is 0.410. The Morgan fingerprint density at radius 1 is 1.24 bits per heavy atom. The first-order valence-electron chi connectivity index (χ1n) is 10.4. The monoisotopic (exact) mass is 464 g/mol. The topological polar surface area (TPSA) is 116 Å². The van der Waals surface area contributed by atoms with Crippen molar-refractivity contribution < 1.29 is 14.3 Å². The molecule has 3 N–H and O–H groups in total. The van der Waals surface area contributed by atoms with E-state index in [-0.39, 0.29) is 24.5 Å². The highest BCUT2D eigenvalue weighted by molar-refractivity contribution is 7.98.